The van der Waals surface area contributed by atoms with Crippen LogP contribution in [0.1, 0.15) is 5.56 Å². The summed E-state index contributed by atoms with van der Waals surface area (Å²) in [6.45, 7) is 0.590. The maximum atomic E-state index is 12.6. The first-order valence-corrected chi connectivity index (χ1v) is 13.6. The molecule has 0 radical (unpaired) electrons. The average molecular weight is 514 g/mol. The number of amides is 1. The van der Waals surface area contributed by atoms with Crippen molar-refractivity contribution in [3.8, 4) is 10.7 Å². The molecular weight excluding hydrogens is 490 g/mol. The van der Waals surface area contributed by atoms with Crippen LogP contribution in [0.5, 0.6) is 0 Å². The molecule has 0 unspecified atom stereocenters. The van der Waals surface area contributed by atoms with Crippen molar-refractivity contribution in [1.82, 2.24) is 19.1 Å². The molecule has 1 amide bonds. The first kappa shape index (κ1) is 24.1. The largest absolute Gasteiger partial charge is 0.325 e. The Labute approximate surface area is 206 Å². The highest BCUT2D eigenvalue weighted by Gasteiger charge is 2.18. The SMILES string of the molecule is CN(C)S(=O)(=O)c1ccc(NC(=O)CSc2nnc(-c3cccs3)n2Cc2ccccc2)cc1. The number of benzene rings is 2. The fourth-order valence-corrected chi connectivity index (χ4v) is 5.50. The second-order valence-corrected chi connectivity index (χ2v) is 11.5. The summed E-state index contributed by atoms with van der Waals surface area (Å²) in [6.07, 6.45) is 0. The summed E-state index contributed by atoms with van der Waals surface area (Å²) in [7, 11) is -0.566. The van der Waals surface area contributed by atoms with Crippen molar-refractivity contribution in [2.24, 2.45) is 0 Å². The predicted molar refractivity (Wildman–Crippen MR) is 136 cm³/mol. The number of thioether (sulfide) groups is 1. The molecule has 0 aliphatic carbocycles. The molecule has 0 atom stereocenters. The van der Waals surface area contributed by atoms with Gasteiger partial charge in [0.15, 0.2) is 11.0 Å². The number of aromatic nitrogens is 3. The Morgan fingerprint density at radius 3 is 2.41 bits per heavy atom. The van der Waals surface area contributed by atoms with Gasteiger partial charge in [-0.25, -0.2) is 12.7 Å². The molecule has 176 valence electrons. The van der Waals surface area contributed by atoms with E-state index in [2.05, 4.69) is 15.5 Å². The molecule has 4 rings (SSSR count). The van der Waals surface area contributed by atoms with E-state index in [1.165, 1.54) is 38.0 Å². The maximum absolute atomic E-state index is 12.6. The molecule has 0 spiro atoms. The van der Waals surface area contributed by atoms with E-state index in [0.717, 1.165) is 20.6 Å². The van der Waals surface area contributed by atoms with Gasteiger partial charge in [-0.1, -0.05) is 48.2 Å². The highest BCUT2D eigenvalue weighted by Crippen LogP contribution is 2.28. The number of sulfonamides is 1. The highest BCUT2D eigenvalue weighted by atomic mass is 32.2. The van der Waals surface area contributed by atoms with Crippen molar-refractivity contribution in [2.75, 3.05) is 25.2 Å². The Kier molecular flexibility index (Phi) is 7.47. The van der Waals surface area contributed by atoms with Gasteiger partial charge in [-0.05, 0) is 41.3 Å². The minimum absolute atomic E-state index is 0.134. The monoisotopic (exact) mass is 513 g/mol. The van der Waals surface area contributed by atoms with Gasteiger partial charge in [0.05, 0.1) is 22.1 Å². The number of hydrogen-bond acceptors (Lipinski definition) is 7. The van der Waals surface area contributed by atoms with Crippen LogP contribution in [0.2, 0.25) is 0 Å². The molecule has 2 heterocycles. The van der Waals surface area contributed by atoms with E-state index in [-0.39, 0.29) is 16.6 Å². The molecule has 0 aliphatic heterocycles. The Bertz CT molecular complexity index is 1350. The molecular formula is C23H23N5O3S3. The van der Waals surface area contributed by atoms with Crippen LogP contribution in [0, 0.1) is 0 Å². The standard InChI is InChI=1S/C23H23N5O3S3/c1-27(2)34(30,31)19-12-10-18(11-13-19)24-21(29)16-33-23-26-25-22(20-9-6-14-32-20)28(23)15-17-7-4-3-5-8-17/h3-14H,15-16H2,1-2H3,(H,24,29). The van der Waals surface area contributed by atoms with Gasteiger partial charge >= 0.3 is 0 Å². The van der Waals surface area contributed by atoms with Crippen molar-refractivity contribution in [2.45, 2.75) is 16.6 Å². The van der Waals surface area contributed by atoms with Crippen LogP contribution in [-0.2, 0) is 21.4 Å². The summed E-state index contributed by atoms with van der Waals surface area (Å²) < 4.78 is 27.6. The van der Waals surface area contributed by atoms with Crippen molar-refractivity contribution in [3.63, 3.8) is 0 Å². The van der Waals surface area contributed by atoms with Gasteiger partial charge in [0.25, 0.3) is 0 Å². The van der Waals surface area contributed by atoms with Gasteiger partial charge in [-0.15, -0.1) is 21.5 Å². The van der Waals surface area contributed by atoms with Gasteiger partial charge < -0.3 is 5.32 Å². The molecule has 2 aromatic carbocycles. The molecule has 0 fully saturated rings. The van der Waals surface area contributed by atoms with Crippen molar-refractivity contribution in [1.29, 1.82) is 0 Å². The summed E-state index contributed by atoms with van der Waals surface area (Å²) in [6, 6.07) is 20.1. The van der Waals surface area contributed by atoms with Crippen LogP contribution >= 0.6 is 23.1 Å². The number of rotatable bonds is 9. The van der Waals surface area contributed by atoms with Crippen molar-refractivity contribution in [3.05, 3.63) is 77.7 Å². The fraction of sp³-hybridized carbons (Fsp3) is 0.174. The Morgan fingerprint density at radius 1 is 1.03 bits per heavy atom. The minimum Gasteiger partial charge on any atom is -0.325 e. The number of hydrogen-bond donors (Lipinski definition) is 1. The molecule has 4 aromatic rings. The van der Waals surface area contributed by atoms with E-state index in [1.807, 2.05) is 52.4 Å². The molecule has 0 aliphatic rings. The first-order chi connectivity index (χ1) is 16.3. The van der Waals surface area contributed by atoms with E-state index in [9.17, 15) is 13.2 Å². The number of thiophene rings is 1. The molecule has 2 aromatic heterocycles. The lowest BCUT2D eigenvalue weighted by Gasteiger charge is -2.12. The Balaban J connectivity index is 1.45. The van der Waals surface area contributed by atoms with Crippen molar-refractivity contribution < 1.29 is 13.2 Å². The number of nitrogens with zero attached hydrogens (tertiary/aromatic N) is 4. The zero-order valence-electron chi connectivity index (χ0n) is 18.6. The van der Waals surface area contributed by atoms with Crippen LogP contribution in [0.25, 0.3) is 10.7 Å². The summed E-state index contributed by atoms with van der Waals surface area (Å²) in [4.78, 5) is 13.7. The third-order valence-corrected chi connectivity index (χ3v) is 8.55. The summed E-state index contributed by atoms with van der Waals surface area (Å²) >= 11 is 2.89. The highest BCUT2D eigenvalue weighted by molar-refractivity contribution is 7.99. The van der Waals surface area contributed by atoms with E-state index >= 15 is 0 Å². The van der Waals surface area contributed by atoms with Gasteiger partial charge in [-0.3, -0.25) is 9.36 Å². The van der Waals surface area contributed by atoms with Gasteiger partial charge in [0, 0.05) is 19.8 Å². The number of carbonyl (C=O) groups excluding carboxylic acids is 1. The lowest BCUT2D eigenvalue weighted by Crippen LogP contribution is -2.22. The molecule has 0 bridgehead atoms. The van der Waals surface area contributed by atoms with Crippen LogP contribution in [-0.4, -0.2) is 53.2 Å². The predicted octanol–water partition coefficient (Wildman–Crippen LogP) is 4.04. The minimum atomic E-state index is -3.52. The zero-order valence-corrected chi connectivity index (χ0v) is 21.0. The topological polar surface area (TPSA) is 97.2 Å². The molecule has 8 nitrogen and oxygen atoms in total. The zero-order chi connectivity index (χ0) is 24.1. The van der Waals surface area contributed by atoms with Crippen LogP contribution < -0.4 is 5.32 Å². The normalized spacial score (nSPS) is 11.6. The molecule has 1 N–H and O–H groups in total. The van der Waals surface area contributed by atoms with Crippen LogP contribution in [0.15, 0.2) is 82.2 Å². The van der Waals surface area contributed by atoms with E-state index in [0.29, 0.717) is 17.4 Å². The quantitative estimate of drug-likeness (QED) is 0.339. The Morgan fingerprint density at radius 2 is 1.76 bits per heavy atom. The van der Waals surface area contributed by atoms with E-state index in [4.69, 9.17) is 0 Å². The van der Waals surface area contributed by atoms with E-state index in [1.54, 1.807) is 23.5 Å². The summed E-state index contributed by atoms with van der Waals surface area (Å²) in [5.74, 6) is 0.675. The van der Waals surface area contributed by atoms with Gasteiger partial charge in [-0.2, -0.15) is 0 Å². The number of carbonyl (C=O) groups is 1. The summed E-state index contributed by atoms with van der Waals surface area (Å²) in [5, 5.41) is 14.1. The van der Waals surface area contributed by atoms with Crippen LogP contribution in [0.4, 0.5) is 5.69 Å². The lowest BCUT2D eigenvalue weighted by molar-refractivity contribution is -0.113. The second kappa shape index (κ2) is 10.5. The first-order valence-electron chi connectivity index (χ1n) is 10.3. The maximum Gasteiger partial charge on any atom is 0.242 e. The average Bonchev–Trinajstić information content (AvgIpc) is 3.49. The van der Waals surface area contributed by atoms with Gasteiger partial charge in [0.1, 0.15) is 0 Å². The number of nitrogens with one attached hydrogen (secondary N) is 1. The van der Waals surface area contributed by atoms with Crippen LogP contribution in [0.3, 0.4) is 0 Å². The van der Waals surface area contributed by atoms with Crippen molar-refractivity contribution >= 4 is 44.7 Å². The molecule has 11 heteroatoms. The third kappa shape index (κ3) is 5.55. The molecule has 0 saturated heterocycles. The third-order valence-electron chi connectivity index (χ3n) is 4.89. The molecule has 34 heavy (non-hydrogen) atoms. The smallest absolute Gasteiger partial charge is 0.242 e. The molecule has 0 saturated carbocycles. The second-order valence-electron chi connectivity index (χ2n) is 7.50. The van der Waals surface area contributed by atoms with E-state index < -0.39 is 10.0 Å². The number of anilines is 1. The summed E-state index contributed by atoms with van der Waals surface area (Å²) in [5.41, 5.74) is 1.63. The Hall–Kier alpha value is -2.99. The van der Waals surface area contributed by atoms with Gasteiger partial charge in [0.2, 0.25) is 15.9 Å². The lowest BCUT2D eigenvalue weighted by atomic mass is 10.2. The fourth-order valence-electron chi connectivity index (χ4n) is 3.14.